The normalized spacial score (nSPS) is 12.2. The van der Waals surface area contributed by atoms with Crippen molar-refractivity contribution >= 4 is 5.97 Å². The second-order valence-corrected chi connectivity index (χ2v) is 4.11. The van der Waals surface area contributed by atoms with E-state index in [1.807, 2.05) is 0 Å². The fourth-order valence-electron chi connectivity index (χ4n) is 2.19. The molecule has 0 aromatic heterocycles. The van der Waals surface area contributed by atoms with Gasteiger partial charge in [0.25, 0.3) is 0 Å². The summed E-state index contributed by atoms with van der Waals surface area (Å²) < 4.78 is 0. The molecule has 0 bridgehead atoms. The summed E-state index contributed by atoms with van der Waals surface area (Å²) in [6.45, 7) is 6.67. The van der Waals surface area contributed by atoms with Crippen molar-refractivity contribution in [1.82, 2.24) is 0 Å². The molecule has 0 aliphatic rings. The maximum Gasteiger partial charge on any atom is 0.303 e. The molecule has 0 amide bonds. The molecule has 0 aliphatic heterocycles. The molecular formula is C13H25HfO2-. The molecule has 1 unspecified atom stereocenters. The Labute approximate surface area is 119 Å². The molecule has 94 valence electrons. The standard InChI is InChI=1S/C13H25O2.Hf/c1-4-11(5-2)12(6-3)9-7-8-10-13(14)15;/h12H,4-10H2,1-3H3,(H,14,15);/q-1;. The van der Waals surface area contributed by atoms with E-state index in [0.29, 0.717) is 12.3 Å². The van der Waals surface area contributed by atoms with Gasteiger partial charge in [-0.3, -0.25) is 4.79 Å². The van der Waals surface area contributed by atoms with Crippen molar-refractivity contribution in [1.29, 1.82) is 0 Å². The first-order chi connectivity index (χ1) is 7.15. The van der Waals surface area contributed by atoms with Crippen LogP contribution in [-0.4, -0.2) is 11.1 Å². The summed E-state index contributed by atoms with van der Waals surface area (Å²) >= 11 is 0. The van der Waals surface area contributed by atoms with Crippen molar-refractivity contribution in [3.8, 4) is 0 Å². The first kappa shape index (κ1) is 18.7. The number of hydrogen-bond donors (Lipinski definition) is 1. The molecule has 0 fully saturated rings. The molecule has 3 heteroatoms. The molecule has 1 atom stereocenters. The number of carboxylic acids is 1. The minimum Gasteiger partial charge on any atom is -0.481 e. The van der Waals surface area contributed by atoms with E-state index in [4.69, 9.17) is 5.11 Å². The molecule has 0 aromatic rings. The molecule has 0 spiro atoms. The zero-order valence-corrected chi connectivity index (χ0v) is 14.5. The monoisotopic (exact) mass is 393 g/mol. The number of rotatable bonds is 9. The first-order valence-electron chi connectivity index (χ1n) is 6.21. The molecule has 0 aliphatic carbocycles. The van der Waals surface area contributed by atoms with E-state index in [1.54, 1.807) is 5.92 Å². The van der Waals surface area contributed by atoms with Crippen LogP contribution < -0.4 is 0 Å². The second kappa shape index (κ2) is 11.8. The van der Waals surface area contributed by atoms with Crippen molar-refractivity contribution in [2.75, 3.05) is 0 Å². The zero-order valence-electron chi connectivity index (χ0n) is 10.9. The van der Waals surface area contributed by atoms with Gasteiger partial charge in [0.1, 0.15) is 0 Å². The third kappa shape index (κ3) is 8.49. The maximum atomic E-state index is 10.4. The maximum absolute atomic E-state index is 10.4. The topological polar surface area (TPSA) is 37.3 Å². The summed E-state index contributed by atoms with van der Waals surface area (Å²) in [5.41, 5.74) is 0. The van der Waals surface area contributed by atoms with E-state index >= 15 is 0 Å². The largest absolute Gasteiger partial charge is 0.481 e. The van der Waals surface area contributed by atoms with Crippen LogP contribution >= 0.6 is 0 Å². The van der Waals surface area contributed by atoms with Gasteiger partial charge in [0.2, 0.25) is 0 Å². The van der Waals surface area contributed by atoms with Crippen LogP contribution in [0.4, 0.5) is 0 Å². The van der Waals surface area contributed by atoms with Crippen molar-refractivity contribution in [2.24, 2.45) is 5.92 Å². The molecule has 1 N–H and O–H groups in total. The molecule has 0 aromatic carbocycles. The van der Waals surface area contributed by atoms with Crippen molar-refractivity contribution < 1.29 is 35.7 Å². The fraction of sp³-hybridized carbons (Fsp3) is 0.846. The third-order valence-electron chi connectivity index (χ3n) is 3.17. The number of carboxylic acid groups (broad SMARTS) is 1. The van der Waals surface area contributed by atoms with Gasteiger partial charge in [-0.2, -0.15) is 18.8 Å². The van der Waals surface area contributed by atoms with Gasteiger partial charge >= 0.3 is 5.97 Å². The Hall–Kier alpha value is 0.340. The molecule has 0 radical (unpaired) electrons. The quantitative estimate of drug-likeness (QED) is 0.366. The number of unbranched alkanes of at least 4 members (excludes halogenated alkanes) is 1. The van der Waals surface area contributed by atoms with Crippen LogP contribution in [0.25, 0.3) is 0 Å². The molecule has 2 nitrogen and oxygen atoms in total. The third-order valence-corrected chi connectivity index (χ3v) is 3.17. The van der Waals surface area contributed by atoms with E-state index in [2.05, 4.69) is 20.8 Å². The molecular weight excluding hydrogens is 367 g/mol. The second-order valence-electron chi connectivity index (χ2n) is 4.11. The molecule has 0 rings (SSSR count). The van der Waals surface area contributed by atoms with Gasteiger partial charge in [-0.1, -0.05) is 40.0 Å². The average molecular weight is 392 g/mol. The first-order valence-corrected chi connectivity index (χ1v) is 6.21. The van der Waals surface area contributed by atoms with E-state index in [9.17, 15) is 4.79 Å². The van der Waals surface area contributed by atoms with Crippen LogP contribution in [-0.2, 0) is 30.6 Å². The van der Waals surface area contributed by atoms with Crippen LogP contribution in [0.2, 0.25) is 0 Å². The van der Waals surface area contributed by atoms with Crippen molar-refractivity contribution in [3.05, 3.63) is 5.92 Å². The van der Waals surface area contributed by atoms with Gasteiger partial charge in [-0.15, -0.1) is 0 Å². The fourth-order valence-corrected chi connectivity index (χ4v) is 2.19. The summed E-state index contributed by atoms with van der Waals surface area (Å²) in [5, 5.41) is 8.53. The van der Waals surface area contributed by atoms with E-state index < -0.39 is 5.97 Å². The molecule has 0 heterocycles. The van der Waals surface area contributed by atoms with Crippen LogP contribution in [0, 0.1) is 11.8 Å². The van der Waals surface area contributed by atoms with Crippen molar-refractivity contribution in [2.45, 2.75) is 65.7 Å². The van der Waals surface area contributed by atoms with Gasteiger partial charge < -0.3 is 11.0 Å². The van der Waals surface area contributed by atoms with Crippen LogP contribution in [0.3, 0.4) is 0 Å². The molecule has 0 saturated carbocycles. The number of carbonyl (C=O) groups is 1. The Bertz CT molecular complexity index is 167. The Morgan fingerprint density at radius 1 is 1.19 bits per heavy atom. The van der Waals surface area contributed by atoms with Crippen molar-refractivity contribution in [3.63, 3.8) is 0 Å². The van der Waals surface area contributed by atoms with Crippen LogP contribution in [0.5, 0.6) is 0 Å². The summed E-state index contributed by atoms with van der Waals surface area (Å²) in [4.78, 5) is 10.4. The van der Waals surface area contributed by atoms with Gasteiger partial charge in [-0.05, 0) is 6.42 Å². The average Bonchev–Trinajstić information content (AvgIpc) is 2.22. The smallest absolute Gasteiger partial charge is 0.303 e. The predicted octanol–water partition coefficient (Wildman–Crippen LogP) is 4.05. The van der Waals surface area contributed by atoms with Gasteiger partial charge in [0.15, 0.2) is 0 Å². The Kier molecular flexibility index (Phi) is 13.8. The zero-order chi connectivity index (χ0) is 11.7. The number of aliphatic carboxylic acids is 1. The van der Waals surface area contributed by atoms with E-state index in [0.717, 1.165) is 12.8 Å². The Balaban J connectivity index is 0. The predicted molar refractivity (Wildman–Crippen MR) is 63.7 cm³/mol. The summed E-state index contributed by atoms with van der Waals surface area (Å²) in [6.07, 6.45) is 6.91. The summed E-state index contributed by atoms with van der Waals surface area (Å²) in [5.74, 6) is 1.69. The Morgan fingerprint density at radius 3 is 2.12 bits per heavy atom. The van der Waals surface area contributed by atoms with Gasteiger partial charge in [0.05, 0.1) is 0 Å². The van der Waals surface area contributed by atoms with Crippen LogP contribution in [0.15, 0.2) is 0 Å². The van der Waals surface area contributed by atoms with Crippen LogP contribution in [0.1, 0.15) is 65.7 Å². The summed E-state index contributed by atoms with van der Waals surface area (Å²) in [6, 6.07) is 0. The van der Waals surface area contributed by atoms with E-state index in [1.165, 1.54) is 25.7 Å². The molecule has 0 saturated heterocycles. The summed E-state index contributed by atoms with van der Waals surface area (Å²) in [7, 11) is 0. The minimum atomic E-state index is -0.668. The van der Waals surface area contributed by atoms with Gasteiger partial charge in [0, 0.05) is 32.3 Å². The van der Waals surface area contributed by atoms with Gasteiger partial charge in [-0.25, -0.2) is 0 Å². The Morgan fingerprint density at radius 2 is 1.75 bits per heavy atom. The minimum absolute atomic E-state index is 0. The molecule has 16 heavy (non-hydrogen) atoms. The number of hydrogen-bond acceptors (Lipinski definition) is 1. The van der Waals surface area contributed by atoms with E-state index in [-0.39, 0.29) is 25.8 Å². The SMILES string of the molecule is CC[C-](CC)C(CC)CCCCC(=O)O.[Hf].